The van der Waals surface area contributed by atoms with Crippen LogP contribution in [0.2, 0.25) is 0 Å². The van der Waals surface area contributed by atoms with E-state index in [1.54, 1.807) is 0 Å². The van der Waals surface area contributed by atoms with Crippen LogP contribution in [0.4, 0.5) is 0 Å². The van der Waals surface area contributed by atoms with Gasteiger partial charge >= 0.3 is 5.90 Å². The first-order valence-electron chi connectivity index (χ1n) is 3.23. The molecule has 10 heavy (non-hydrogen) atoms. The summed E-state index contributed by atoms with van der Waals surface area (Å²) in [5.74, 6) is 0.793. The lowest BCUT2D eigenvalue weighted by molar-refractivity contribution is -0.475. The zero-order valence-corrected chi connectivity index (χ0v) is 7.30. The van der Waals surface area contributed by atoms with Crippen LogP contribution in [-0.2, 0) is 4.84 Å². The van der Waals surface area contributed by atoms with Crippen LogP contribution >= 0.6 is 0 Å². The van der Waals surface area contributed by atoms with E-state index in [1.807, 2.05) is 39.4 Å². The van der Waals surface area contributed by atoms with Crippen LogP contribution in [0.3, 0.4) is 0 Å². The molecule has 0 unspecified atom stereocenters. The molecule has 0 spiro atoms. The minimum absolute atomic E-state index is 0.793. The van der Waals surface area contributed by atoms with Gasteiger partial charge in [-0.3, -0.25) is 4.84 Å². The second kappa shape index (κ2) is 4.04. The lowest BCUT2D eigenvalue weighted by Gasteiger charge is -1.93. The number of oxime groups is 1. The van der Waals surface area contributed by atoms with Crippen molar-refractivity contribution >= 4 is 11.6 Å². The lowest BCUT2D eigenvalue weighted by Crippen LogP contribution is -2.10. The molecule has 0 aliphatic heterocycles. The van der Waals surface area contributed by atoms with Gasteiger partial charge in [0.05, 0.1) is 12.6 Å². The van der Waals surface area contributed by atoms with Crippen LogP contribution in [0.15, 0.2) is 5.16 Å². The third kappa shape index (κ3) is 4.06. The van der Waals surface area contributed by atoms with Crippen molar-refractivity contribution in [2.75, 3.05) is 14.1 Å². The summed E-state index contributed by atoms with van der Waals surface area (Å²) in [6.45, 7) is 5.65. The largest absolute Gasteiger partial charge is 0.360 e. The van der Waals surface area contributed by atoms with Crippen molar-refractivity contribution in [1.82, 2.24) is 0 Å². The fourth-order valence-electron chi connectivity index (χ4n) is 0.239. The quantitative estimate of drug-likeness (QED) is 0.233. The van der Waals surface area contributed by atoms with Gasteiger partial charge < -0.3 is 0 Å². The van der Waals surface area contributed by atoms with E-state index in [2.05, 4.69) is 5.16 Å². The fourth-order valence-corrected chi connectivity index (χ4v) is 0.239. The number of hydrogen-bond acceptors (Lipinski definition) is 2. The number of hydrogen-bond donors (Lipinski definition) is 0. The first-order valence-corrected chi connectivity index (χ1v) is 3.23. The first-order chi connectivity index (χ1) is 4.54. The van der Waals surface area contributed by atoms with Crippen LogP contribution in [-0.4, -0.2) is 30.3 Å². The summed E-state index contributed by atoms with van der Waals surface area (Å²) in [7, 11) is 3.83. The highest BCUT2D eigenvalue weighted by molar-refractivity contribution is 5.79. The molecule has 0 aromatic heterocycles. The lowest BCUT2D eigenvalue weighted by atomic mass is 10.5. The summed E-state index contributed by atoms with van der Waals surface area (Å²) < 4.78 is 1.87. The molecule has 0 saturated carbocycles. The highest BCUT2D eigenvalue weighted by Crippen LogP contribution is 1.82. The second-order valence-corrected chi connectivity index (χ2v) is 2.54. The molecule has 3 nitrogen and oxygen atoms in total. The first kappa shape index (κ1) is 9.14. The maximum absolute atomic E-state index is 5.00. The van der Waals surface area contributed by atoms with Gasteiger partial charge in [-0.1, -0.05) is 5.16 Å². The monoisotopic (exact) mass is 143 g/mol. The Balaban J connectivity index is 3.94. The van der Waals surface area contributed by atoms with Crippen molar-refractivity contribution in [2.24, 2.45) is 5.16 Å². The molecule has 0 N–H and O–H groups in total. The molecular weight excluding hydrogens is 128 g/mol. The Morgan fingerprint density at radius 1 is 1.20 bits per heavy atom. The molecule has 0 aromatic rings. The van der Waals surface area contributed by atoms with Gasteiger partial charge in [-0.2, -0.15) is 0 Å². The zero-order chi connectivity index (χ0) is 8.15. The van der Waals surface area contributed by atoms with Gasteiger partial charge in [0, 0.05) is 0 Å². The maximum atomic E-state index is 5.00. The highest BCUT2D eigenvalue weighted by Gasteiger charge is 1.97. The second-order valence-electron chi connectivity index (χ2n) is 2.54. The van der Waals surface area contributed by atoms with Crippen molar-refractivity contribution in [3.63, 3.8) is 0 Å². The van der Waals surface area contributed by atoms with Crippen molar-refractivity contribution in [3.05, 3.63) is 0 Å². The van der Waals surface area contributed by atoms with E-state index in [-0.39, 0.29) is 0 Å². The van der Waals surface area contributed by atoms with Gasteiger partial charge in [0.2, 0.25) is 0 Å². The zero-order valence-electron chi connectivity index (χ0n) is 7.30. The molecule has 0 aliphatic rings. The molecule has 3 heteroatoms. The molecule has 0 fully saturated rings. The van der Waals surface area contributed by atoms with Crippen molar-refractivity contribution in [2.45, 2.75) is 20.8 Å². The molecule has 0 aliphatic carbocycles. The Bertz CT molecular complexity index is 162. The average molecular weight is 143 g/mol. The summed E-state index contributed by atoms with van der Waals surface area (Å²) in [4.78, 5) is 5.00. The normalized spacial score (nSPS) is 8.50. The van der Waals surface area contributed by atoms with Gasteiger partial charge in [0.1, 0.15) is 14.1 Å². The van der Waals surface area contributed by atoms with Gasteiger partial charge in [-0.15, -0.1) is 0 Å². The Labute approximate surface area is 62.0 Å². The maximum Gasteiger partial charge on any atom is 0.360 e. The van der Waals surface area contributed by atoms with E-state index in [0.717, 1.165) is 11.6 Å². The van der Waals surface area contributed by atoms with Crippen molar-refractivity contribution in [3.8, 4) is 0 Å². The topological polar surface area (TPSA) is 24.6 Å². The summed E-state index contributed by atoms with van der Waals surface area (Å²) in [5, 5.41) is 3.78. The summed E-state index contributed by atoms with van der Waals surface area (Å²) in [6.07, 6.45) is 0. The molecule has 0 rings (SSSR count). The molecule has 0 aromatic carbocycles. The Kier molecular flexibility index (Phi) is 3.69. The molecule has 0 bridgehead atoms. The Hall–Kier alpha value is -0.860. The predicted molar refractivity (Wildman–Crippen MR) is 42.7 cm³/mol. The molecular formula is C7H15N2O+. The smallest absolute Gasteiger partial charge is 0.298 e. The van der Waals surface area contributed by atoms with Crippen LogP contribution < -0.4 is 0 Å². The third-order valence-electron chi connectivity index (χ3n) is 0.990. The molecule has 0 amide bonds. The van der Waals surface area contributed by atoms with Crippen molar-refractivity contribution < 1.29 is 9.41 Å². The van der Waals surface area contributed by atoms with E-state index >= 15 is 0 Å². The van der Waals surface area contributed by atoms with Crippen LogP contribution in [0.25, 0.3) is 0 Å². The van der Waals surface area contributed by atoms with Gasteiger partial charge in [-0.25, -0.2) is 4.58 Å². The van der Waals surface area contributed by atoms with E-state index in [0.29, 0.717) is 0 Å². The summed E-state index contributed by atoms with van der Waals surface area (Å²) in [5.41, 5.74) is 0.918. The minimum atomic E-state index is 0.793. The van der Waals surface area contributed by atoms with Crippen LogP contribution in [0.5, 0.6) is 0 Å². The SMILES string of the molecule is CC(C)=NOC(C)=[N+](C)C. The van der Waals surface area contributed by atoms with Crippen molar-refractivity contribution in [1.29, 1.82) is 0 Å². The van der Waals surface area contributed by atoms with Gasteiger partial charge in [0.15, 0.2) is 0 Å². The molecule has 0 heterocycles. The molecule has 0 atom stereocenters. The minimum Gasteiger partial charge on any atom is -0.298 e. The van der Waals surface area contributed by atoms with E-state index in [9.17, 15) is 0 Å². The highest BCUT2D eigenvalue weighted by atomic mass is 16.6. The predicted octanol–water partition coefficient (Wildman–Crippen LogP) is 1.09. The van der Waals surface area contributed by atoms with E-state index in [1.165, 1.54) is 0 Å². The van der Waals surface area contributed by atoms with Crippen LogP contribution in [0, 0.1) is 0 Å². The molecule has 0 radical (unpaired) electrons. The number of rotatable bonds is 1. The van der Waals surface area contributed by atoms with Crippen LogP contribution in [0.1, 0.15) is 20.8 Å². The summed E-state index contributed by atoms with van der Waals surface area (Å²) >= 11 is 0. The van der Waals surface area contributed by atoms with Gasteiger partial charge in [-0.05, 0) is 13.8 Å². The number of nitrogens with zero attached hydrogens (tertiary/aromatic N) is 2. The third-order valence-corrected chi connectivity index (χ3v) is 0.990. The fraction of sp³-hybridized carbons (Fsp3) is 0.714. The van der Waals surface area contributed by atoms with Gasteiger partial charge in [0.25, 0.3) is 0 Å². The summed E-state index contributed by atoms with van der Waals surface area (Å²) in [6, 6.07) is 0. The molecule has 0 saturated heterocycles. The van der Waals surface area contributed by atoms with E-state index in [4.69, 9.17) is 4.84 Å². The standard InChI is InChI=1S/C7H15N2O/c1-6(2)8-10-7(3)9(4)5/h1-5H3/q+1. The Morgan fingerprint density at radius 2 is 1.70 bits per heavy atom. The molecule has 58 valence electrons. The Morgan fingerprint density at radius 3 is 2.00 bits per heavy atom. The average Bonchev–Trinajstić information content (AvgIpc) is 1.82. The van der Waals surface area contributed by atoms with E-state index < -0.39 is 0 Å².